The Bertz CT molecular complexity index is 364. The molecular weight excluding hydrogens is 255 g/mol. The van der Waals surface area contributed by atoms with E-state index in [1.54, 1.807) is 13.0 Å². The lowest BCUT2D eigenvalue weighted by Gasteiger charge is -2.25. The van der Waals surface area contributed by atoms with Gasteiger partial charge >= 0.3 is 5.97 Å². The largest absolute Gasteiger partial charge is 0.467 e. The van der Waals surface area contributed by atoms with Crippen molar-refractivity contribution in [3.63, 3.8) is 0 Å². The molecule has 0 saturated carbocycles. The number of halogens is 2. The molecule has 3 atom stereocenters. The molecule has 16 heavy (non-hydrogen) atoms. The van der Waals surface area contributed by atoms with Gasteiger partial charge in [-0.25, -0.2) is 4.79 Å². The van der Waals surface area contributed by atoms with Crippen LogP contribution in [-0.4, -0.2) is 40.4 Å². The summed E-state index contributed by atoms with van der Waals surface area (Å²) >= 11 is 11.6. The molecule has 90 valence electrons. The second-order valence-corrected chi connectivity index (χ2v) is 4.24. The van der Waals surface area contributed by atoms with E-state index in [1.165, 1.54) is 6.08 Å². The van der Waals surface area contributed by atoms with E-state index >= 15 is 0 Å². The molecule has 0 bridgehead atoms. The van der Waals surface area contributed by atoms with Crippen molar-refractivity contribution < 1.29 is 19.7 Å². The van der Waals surface area contributed by atoms with Gasteiger partial charge in [-0.15, -0.1) is 11.6 Å². The molecule has 4 nitrogen and oxygen atoms in total. The van der Waals surface area contributed by atoms with E-state index < -0.39 is 23.1 Å². The number of hydrogen-bond donors (Lipinski definition) is 2. The molecule has 0 saturated heterocycles. The van der Waals surface area contributed by atoms with Crippen LogP contribution in [0, 0.1) is 0 Å². The van der Waals surface area contributed by atoms with Gasteiger partial charge in [-0.1, -0.05) is 23.8 Å². The molecule has 1 aliphatic rings. The first-order valence-electron chi connectivity index (χ1n) is 4.57. The van der Waals surface area contributed by atoms with Crippen molar-refractivity contribution in [2.24, 2.45) is 0 Å². The Kier molecular flexibility index (Phi) is 4.02. The Morgan fingerprint density at radius 3 is 2.62 bits per heavy atom. The monoisotopic (exact) mass is 266 g/mol. The van der Waals surface area contributed by atoms with Crippen LogP contribution in [0.3, 0.4) is 0 Å². The van der Waals surface area contributed by atoms with Crippen LogP contribution in [0.5, 0.6) is 0 Å². The van der Waals surface area contributed by atoms with Gasteiger partial charge in [-0.05, 0) is 6.92 Å². The van der Waals surface area contributed by atoms with Gasteiger partial charge in [0, 0.05) is 5.57 Å². The minimum Gasteiger partial charge on any atom is -0.467 e. The Labute approximate surface area is 103 Å². The van der Waals surface area contributed by atoms with Gasteiger partial charge in [0.1, 0.15) is 11.5 Å². The summed E-state index contributed by atoms with van der Waals surface area (Å²) in [4.78, 5) is 11.5. The van der Waals surface area contributed by atoms with Crippen molar-refractivity contribution in [1.29, 1.82) is 0 Å². The fourth-order valence-electron chi connectivity index (χ4n) is 1.60. The average Bonchev–Trinajstić information content (AvgIpc) is 2.44. The van der Waals surface area contributed by atoms with Crippen molar-refractivity contribution in [1.82, 2.24) is 0 Å². The number of carbonyl (C=O) groups is 1. The molecule has 0 aromatic carbocycles. The first-order chi connectivity index (χ1) is 7.41. The summed E-state index contributed by atoms with van der Waals surface area (Å²) in [5, 5.41) is 18.5. The third kappa shape index (κ3) is 1.76. The molecule has 6 heteroatoms. The lowest BCUT2D eigenvalue weighted by atomic mass is 9.94. The SMILES string of the molecule is CC=CC1=C(Cl)[C@H](O)[C@H](Cl)[C@@]1(O)C(=O)OC. The molecule has 0 unspecified atom stereocenters. The number of rotatable bonds is 2. The van der Waals surface area contributed by atoms with Crippen LogP contribution < -0.4 is 0 Å². The number of ether oxygens (including phenoxy) is 1. The van der Waals surface area contributed by atoms with Gasteiger partial charge in [-0.3, -0.25) is 0 Å². The molecule has 0 aliphatic heterocycles. The predicted octanol–water partition coefficient (Wildman–Crippen LogP) is 0.941. The molecule has 0 amide bonds. The fourth-order valence-corrected chi connectivity index (χ4v) is 2.33. The Hall–Kier alpha value is -0.550. The highest BCUT2D eigenvalue weighted by Gasteiger charge is 2.56. The van der Waals surface area contributed by atoms with Crippen LogP contribution in [0.1, 0.15) is 6.92 Å². The molecule has 0 aromatic heterocycles. The lowest BCUT2D eigenvalue weighted by Crippen LogP contribution is -2.49. The van der Waals surface area contributed by atoms with Crippen molar-refractivity contribution in [2.45, 2.75) is 24.0 Å². The summed E-state index contributed by atoms with van der Waals surface area (Å²) in [6, 6.07) is 0. The van der Waals surface area contributed by atoms with Crippen LogP contribution in [-0.2, 0) is 9.53 Å². The molecule has 0 radical (unpaired) electrons. The number of aliphatic hydroxyl groups is 2. The van der Waals surface area contributed by atoms with Crippen LogP contribution in [0.25, 0.3) is 0 Å². The van der Waals surface area contributed by atoms with E-state index in [-0.39, 0.29) is 10.6 Å². The maximum Gasteiger partial charge on any atom is 0.344 e. The number of hydrogen-bond acceptors (Lipinski definition) is 4. The highest BCUT2D eigenvalue weighted by atomic mass is 35.5. The Balaban J connectivity index is 3.31. The molecule has 1 rings (SSSR count). The van der Waals surface area contributed by atoms with Crippen molar-refractivity contribution >= 4 is 29.2 Å². The maximum atomic E-state index is 11.5. The topological polar surface area (TPSA) is 66.8 Å². The first kappa shape index (κ1) is 13.5. The molecule has 0 aromatic rings. The molecule has 0 spiro atoms. The molecule has 0 fully saturated rings. The summed E-state index contributed by atoms with van der Waals surface area (Å²) < 4.78 is 4.47. The quantitative estimate of drug-likeness (QED) is 0.577. The maximum absolute atomic E-state index is 11.5. The smallest absolute Gasteiger partial charge is 0.344 e. The zero-order chi connectivity index (χ0) is 12.5. The van der Waals surface area contributed by atoms with E-state index in [2.05, 4.69) is 4.74 Å². The van der Waals surface area contributed by atoms with E-state index in [9.17, 15) is 15.0 Å². The summed E-state index contributed by atoms with van der Waals surface area (Å²) in [5.41, 5.74) is -2.05. The number of methoxy groups -OCH3 is 1. The van der Waals surface area contributed by atoms with E-state index in [0.29, 0.717) is 0 Å². The van der Waals surface area contributed by atoms with Gasteiger partial charge in [-0.2, -0.15) is 0 Å². The summed E-state index contributed by atoms with van der Waals surface area (Å²) in [5.74, 6) is -0.949. The molecule has 2 N–H and O–H groups in total. The zero-order valence-electron chi connectivity index (χ0n) is 8.78. The van der Waals surface area contributed by atoms with E-state index in [0.717, 1.165) is 7.11 Å². The number of alkyl halides is 1. The van der Waals surface area contributed by atoms with Crippen LogP contribution in [0.4, 0.5) is 0 Å². The Morgan fingerprint density at radius 2 is 2.19 bits per heavy atom. The molecular formula is C10H12Cl2O4. The fraction of sp³-hybridized carbons (Fsp3) is 0.500. The van der Waals surface area contributed by atoms with Gasteiger partial charge in [0.05, 0.1) is 12.1 Å². The van der Waals surface area contributed by atoms with Crippen molar-refractivity contribution in [3.8, 4) is 0 Å². The Morgan fingerprint density at radius 1 is 1.62 bits per heavy atom. The molecule has 0 heterocycles. The van der Waals surface area contributed by atoms with E-state index in [4.69, 9.17) is 23.2 Å². The second kappa shape index (κ2) is 4.75. The zero-order valence-corrected chi connectivity index (χ0v) is 10.3. The van der Waals surface area contributed by atoms with Crippen molar-refractivity contribution in [2.75, 3.05) is 7.11 Å². The number of aliphatic hydroxyl groups excluding tert-OH is 1. The van der Waals surface area contributed by atoms with Crippen molar-refractivity contribution in [3.05, 3.63) is 22.8 Å². The highest BCUT2D eigenvalue weighted by molar-refractivity contribution is 6.34. The third-order valence-corrected chi connectivity index (χ3v) is 3.42. The number of allylic oxidation sites excluding steroid dienone is 1. The van der Waals surface area contributed by atoms with Crippen LogP contribution in [0.2, 0.25) is 0 Å². The number of carbonyl (C=O) groups excluding carboxylic acids is 1. The number of esters is 1. The summed E-state index contributed by atoms with van der Waals surface area (Å²) in [6.07, 6.45) is 1.71. The molecule has 1 aliphatic carbocycles. The minimum absolute atomic E-state index is 0.0500. The van der Waals surface area contributed by atoms with Gasteiger partial charge < -0.3 is 14.9 Å². The van der Waals surface area contributed by atoms with Gasteiger partial charge in [0.25, 0.3) is 0 Å². The van der Waals surface area contributed by atoms with Gasteiger partial charge in [0.15, 0.2) is 0 Å². The van der Waals surface area contributed by atoms with Crippen LogP contribution in [0.15, 0.2) is 22.8 Å². The summed E-state index contributed by atoms with van der Waals surface area (Å²) in [6.45, 7) is 1.68. The second-order valence-electron chi connectivity index (χ2n) is 3.37. The predicted molar refractivity (Wildman–Crippen MR) is 60.3 cm³/mol. The standard InChI is InChI=1S/C10H12Cl2O4/c1-3-4-5-6(11)7(13)8(12)10(5,15)9(14)16-2/h3-4,7-8,13,15H,1-2H3/t7-,8-,10+/m0/s1. The third-order valence-electron chi connectivity index (χ3n) is 2.43. The average molecular weight is 267 g/mol. The van der Waals surface area contributed by atoms with E-state index in [1.807, 2.05) is 0 Å². The minimum atomic E-state index is -2.11. The van der Waals surface area contributed by atoms with Crippen LogP contribution >= 0.6 is 23.2 Å². The highest BCUT2D eigenvalue weighted by Crippen LogP contribution is 2.42. The normalized spacial score (nSPS) is 34.9. The lowest BCUT2D eigenvalue weighted by molar-refractivity contribution is -0.158. The van der Waals surface area contributed by atoms with Gasteiger partial charge in [0.2, 0.25) is 5.60 Å². The summed E-state index contributed by atoms with van der Waals surface area (Å²) in [7, 11) is 1.12. The first-order valence-corrected chi connectivity index (χ1v) is 5.38.